The number of carbonyl (C=O) groups is 2. The van der Waals surface area contributed by atoms with Gasteiger partial charge in [0.2, 0.25) is 11.8 Å². The maximum absolute atomic E-state index is 12.0. The van der Waals surface area contributed by atoms with Crippen molar-refractivity contribution < 1.29 is 9.59 Å². The van der Waals surface area contributed by atoms with Crippen LogP contribution in [0.25, 0.3) is 0 Å². The van der Waals surface area contributed by atoms with Crippen molar-refractivity contribution in [2.75, 3.05) is 39.8 Å². The maximum atomic E-state index is 12.0. The summed E-state index contributed by atoms with van der Waals surface area (Å²) in [6, 6.07) is -0.0265. The molecule has 1 atom stereocenters. The average Bonchev–Trinajstić information content (AvgIpc) is 2.39. The van der Waals surface area contributed by atoms with E-state index in [1.54, 1.807) is 7.05 Å². The zero-order chi connectivity index (χ0) is 14.3. The van der Waals surface area contributed by atoms with Crippen LogP contribution in [0.1, 0.15) is 26.2 Å². The quantitative estimate of drug-likeness (QED) is 0.675. The molecule has 2 amide bonds. The van der Waals surface area contributed by atoms with Crippen LogP contribution in [-0.2, 0) is 9.59 Å². The van der Waals surface area contributed by atoms with Crippen LogP contribution in [0.5, 0.6) is 0 Å². The van der Waals surface area contributed by atoms with Crippen molar-refractivity contribution in [3.63, 3.8) is 0 Å². The third-order valence-electron chi connectivity index (χ3n) is 3.47. The molecule has 0 bridgehead atoms. The van der Waals surface area contributed by atoms with Gasteiger partial charge in [0.25, 0.3) is 0 Å². The van der Waals surface area contributed by atoms with Crippen LogP contribution >= 0.6 is 0 Å². The van der Waals surface area contributed by atoms with E-state index < -0.39 is 0 Å². The molecule has 6 heteroatoms. The van der Waals surface area contributed by atoms with E-state index in [4.69, 9.17) is 5.73 Å². The second kappa shape index (κ2) is 8.12. The van der Waals surface area contributed by atoms with Crippen molar-refractivity contribution in [3.05, 3.63) is 0 Å². The lowest BCUT2D eigenvalue weighted by Crippen LogP contribution is -2.51. The Balaban J connectivity index is 2.29. The molecule has 0 saturated carbocycles. The molecule has 3 N–H and O–H groups in total. The fraction of sp³-hybridized carbons (Fsp3) is 0.846. The Kier molecular flexibility index (Phi) is 6.80. The van der Waals surface area contributed by atoms with Crippen molar-refractivity contribution in [2.24, 2.45) is 5.73 Å². The number of rotatable bonds is 6. The van der Waals surface area contributed by atoms with Gasteiger partial charge in [-0.15, -0.1) is 0 Å². The lowest BCUT2D eigenvalue weighted by atomic mass is 10.1. The molecule has 1 saturated heterocycles. The van der Waals surface area contributed by atoms with Gasteiger partial charge in [0.05, 0.1) is 6.54 Å². The Morgan fingerprint density at radius 2 is 1.89 bits per heavy atom. The number of nitrogens with zero attached hydrogens (tertiary/aromatic N) is 2. The number of amides is 2. The fourth-order valence-corrected chi connectivity index (χ4v) is 2.26. The van der Waals surface area contributed by atoms with Gasteiger partial charge in [0.15, 0.2) is 0 Å². The van der Waals surface area contributed by atoms with Crippen LogP contribution in [0.4, 0.5) is 0 Å². The first-order valence-electron chi connectivity index (χ1n) is 7.03. The summed E-state index contributed by atoms with van der Waals surface area (Å²) in [5, 5.41) is 2.61. The molecule has 0 aromatic rings. The van der Waals surface area contributed by atoms with Gasteiger partial charge in [-0.05, 0) is 6.42 Å². The van der Waals surface area contributed by atoms with E-state index >= 15 is 0 Å². The van der Waals surface area contributed by atoms with Crippen LogP contribution in [0.2, 0.25) is 0 Å². The summed E-state index contributed by atoms with van der Waals surface area (Å²) in [5.74, 6) is 0.158. The van der Waals surface area contributed by atoms with E-state index in [-0.39, 0.29) is 17.9 Å². The summed E-state index contributed by atoms with van der Waals surface area (Å²) < 4.78 is 0. The van der Waals surface area contributed by atoms with Crippen LogP contribution in [0.3, 0.4) is 0 Å². The van der Waals surface area contributed by atoms with Crippen LogP contribution < -0.4 is 11.1 Å². The molecule has 1 aliphatic heterocycles. The number of piperazine rings is 1. The minimum absolute atomic E-state index is 0.0183. The van der Waals surface area contributed by atoms with Gasteiger partial charge in [-0.1, -0.05) is 13.3 Å². The van der Waals surface area contributed by atoms with Crippen molar-refractivity contribution in [1.29, 1.82) is 0 Å². The molecular formula is C13H26N4O2. The summed E-state index contributed by atoms with van der Waals surface area (Å²) in [6.45, 7) is 5.36. The summed E-state index contributed by atoms with van der Waals surface area (Å²) in [7, 11) is 1.64. The van der Waals surface area contributed by atoms with Gasteiger partial charge in [0, 0.05) is 45.7 Å². The van der Waals surface area contributed by atoms with E-state index in [2.05, 4.69) is 17.1 Å². The predicted molar refractivity (Wildman–Crippen MR) is 74.6 cm³/mol. The molecule has 19 heavy (non-hydrogen) atoms. The number of hydrogen-bond acceptors (Lipinski definition) is 4. The molecule has 1 heterocycles. The lowest BCUT2D eigenvalue weighted by Gasteiger charge is -2.34. The van der Waals surface area contributed by atoms with Crippen LogP contribution in [0.15, 0.2) is 0 Å². The van der Waals surface area contributed by atoms with Gasteiger partial charge in [-0.3, -0.25) is 14.5 Å². The van der Waals surface area contributed by atoms with Gasteiger partial charge in [-0.25, -0.2) is 0 Å². The van der Waals surface area contributed by atoms with E-state index in [0.29, 0.717) is 26.1 Å². The maximum Gasteiger partial charge on any atom is 0.233 e. The highest BCUT2D eigenvalue weighted by molar-refractivity contribution is 5.78. The molecule has 1 unspecified atom stereocenters. The fourth-order valence-electron chi connectivity index (χ4n) is 2.26. The molecule has 0 aromatic carbocycles. The first-order chi connectivity index (χ1) is 9.06. The second-order valence-corrected chi connectivity index (χ2v) is 5.08. The van der Waals surface area contributed by atoms with Gasteiger partial charge < -0.3 is 16.0 Å². The van der Waals surface area contributed by atoms with Crippen molar-refractivity contribution in [2.45, 2.75) is 32.2 Å². The highest BCUT2D eigenvalue weighted by Crippen LogP contribution is 2.06. The molecule has 0 spiro atoms. The standard InChI is InChI=1S/C13H26N4O2/c1-3-4-11(14)9-13(19)17-7-5-16(6-8-17)10-12(18)15-2/h11H,3-10,14H2,1-2H3,(H,15,18). The number of likely N-dealkylation sites (N-methyl/N-ethyl adjacent to an activating group) is 1. The number of hydrogen-bond donors (Lipinski definition) is 2. The van der Waals surface area contributed by atoms with E-state index in [1.807, 2.05) is 4.90 Å². The minimum atomic E-state index is -0.0265. The normalized spacial score (nSPS) is 18.2. The Bertz CT molecular complexity index is 301. The van der Waals surface area contributed by atoms with E-state index in [0.717, 1.165) is 25.9 Å². The molecule has 1 aliphatic rings. The first-order valence-corrected chi connectivity index (χ1v) is 7.03. The number of nitrogens with one attached hydrogen (secondary N) is 1. The monoisotopic (exact) mass is 270 g/mol. The third kappa shape index (κ3) is 5.57. The molecule has 110 valence electrons. The molecule has 1 fully saturated rings. The predicted octanol–water partition coefficient (Wildman–Crippen LogP) is -0.606. The average molecular weight is 270 g/mol. The Morgan fingerprint density at radius 3 is 2.42 bits per heavy atom. The van der Waals surface area contributed by atoms with Crippen LogP contribution in [0, 0.1) is 0 Å². The number of nitrogens with two attached hydrogens (primary N) is 1. The smallest absolute Gasteiger partial charge is 0.233 e. The van der Waals surface area contributed by atoms with Gasteiger partial charge >= 0.3 is 0 Å². The van der Waals surface area contributed by atoms with E-state index in [1.165, 1.54) is 0 Å². The minimum Gasteiger partial charge on any atom is -0.358 e. The Morgan fingerprint density at radius 1 is 1.26 bits per heavy atom. The first kappa shape index (κ1) is 15.9. The van der Waals surface area contributed by atoms with Gasteiger partial charge in [0.1, 0.15) is 0 Å². The van der Waals surface area contributed by atoms with Crippen molar-refractivity contribution in [3.8, 4) is 0 Å². The molecular weight excluding hydrogens is 244 g/mol. The summed E-state index contributed by atoms with van der Waals surface area (Å²) >= 11 is 0. The molecule has 1 rings (SSSR count). The SMILES string of the molecule is CCCC(N)CC(=O)N1CCN(CC(=O)NC)CC1. The molecule has 0 aliphatic carbocycles. The van der Waals surface area contributed by atoms with Gasteiger partial charge in [-0.2, -0.15) is 0 Å². The lowest BCUT2D eigenvalue weighted by molar-refractivity contribution is -0.133. The van der Waals surface area contributed by atoms with Crippen LogP contribution in [-0.4, -0.2) is 67.4 Å². The topological polar surface area (TPSA) is 78.7 Å². The number of carbonyl (C=O) groups excluding carboxylic acids is 2. The molecule has 6 nitrogen and oxygen atoms in total. The van der Waals surface area contributed by atoms with Crippen molar-refractivity contribution in [1.82, 2.24) is 15.1 Å². The summed E-state index contributed by atoms with van der Waals surface area (Å²) in [5.41, 5.74) is 5.89. The van der Waals surface area contributed by atoms with E-state index in [9.17, 15) is 9.59 Å². The van der Waals surface area contributed by atoms with Crippen molar-refractivity contribution >= 4 is 11.8 Å². The summed E-state index contributed by atoms with van der Waals surface area (Å²) in [6.07, 6.45) is 2.33. The Hall–Kier alpha value is -1.14. The molecule has 0 aromatic heterocycles. The zero-order valence-electron chi connectivity index (χ0n) is 12.0. The second-order valence-electron chi connectivity index (χ2n) is 5.08. The molecule has 0 radical (unpaired) electrons. The zero-order valence-corrected chi connectivity index (χ0v) is 12.0. The Labute approximate surface area is 115 Å². The highest BCUT2D eigenvalue weighted by Gasteiger charge is 2.23. The largest absolute Gasteiger partial charge is 0.358 e. The third-order valence-corrected chi connectivity index (χ3v) is 3.47. The summed E-state index contributed by atoms with van der Waals surface area (Å²) in [4.78, 5) is 27.2. The highest BCUT2D eigenvalue weighted by atomic mass is 16.2.